The molecule has 2 N–H and O–H groups in total. The second-order valence-electron chi connectivity index (χ2n) is 5.68. The van der Waals surface area contributed by atoms with Crippen LogP contribution >= 0.6 is 11.8 Å². The quantitative estimate of drug-likeness (QED) is 0.826. The van der Waals surface area contributed by atoms with E-state index in [1.165, 1.54) is 12.1 Å². The van der Waals surface area contributed by atoms with Gasteiger partial charge in [0, 0.05) is 12.1 Å². The Balaban J connectivity index is 1.65. The fourth-order valence-electron chi connectivity index (χ4n) is 2.36. The zero-order valence-corrected chi connectivity index (χ0v) is 14.6. The summed E-state index contributed by atoms with van der Waals surface area (Å²) in [6.07, 6.45) is -4.55. The van der Waals surface area contributed by atoms with E-state index in [9.17, 15) is 22.8 Å². The monoisotopic (exact) mass is 393 g/mol. The summed E-state index contributed by atoms with van der Waals surface area (Å²) < 4.78 is 38.3. The van der Waals surface area contributed by atoms with Gasteiger partial charge in [0.25, 0.3) is 0 Å². The van der Waals surface area contributed by atoms with Gasteiger partial charge in [-0.25, -0.2) is 4.99 Å². The second kappa shape index (κ2) is 7.83. The summed E-state index contributed by atoms with van der Waals surface area (Å²) in [5, 5.41) is 4.64. The van der Waals surface area contributed by atoms with Crippen molar-refractivity contribution in [2.45, 2.75) is 17.8 Å². The highest BCUT2D eigenvalue weighted by Gasteiger charge is 2.33. The highest BCUT2D eigenvalue weighted by molar-refractivity contribution is 8.15. The van der Waals surface area contributed by atoms with Gasteiger partial charge in [-0.1, -0.05) is 36.0 Å². The molecule has 9 heteroatoms. The average molecular weight is 393 g/mol. The number of anilines is 1. The molecule has 1 aliphatic heterocycles. The largest absolute Gasteiger partial charge is 0.416 e. The van der Waals surface area contributed by atoms with Crippen molar-refractivity contribution in [2.75, 3.05) is 5.32 Å². The van der Waals surface area contributed by atoms with E-state index in [2.05, 4.69) is 15.6 Å². The number of carbonyl (C=O) groups excluding carboxylic acids is 2. The number of nitrogens with zero attached hydrogens (tertiary/aromatic N) is 1. The number of amides is 2. The lowest BCUT2D eigenvalue weighted by Crippen LogP contribution is -2.28. The number of carbonyl (C=O) groups is 2. The minimum Gasteiger partial charge on any atom is -0.326 e. The van der Waals surface area contributed by atoms with Gasteiger partial charge in [-0.05, 0) is 30.3 Å². The zero-order chi connectivity index (χ0) is 19.4. The summed E-state index contributed by atoms with van der Waals surface area (Å²) in [5.74, 6) is -0.747. The van der Waals surface area contributed by atoms with E-state index in [1.807, 2.05) is 6.07 Å². The first kappa shape index (κ1) is 19.0. The number of halogens is 3. The Morgan fingerprint density at radius 1 is 1.15 bits per heavy atom. The van der Waals surface area contributed by atoms with Crippen LogP contribution in [0.4, 0.5) is 24.5 Å². The fourth-order valence-corrected chi connectivity index (χ4v) is 3.35. The van der Waals surface area contributed by atoms with Gasteiger partial charge in [0.15, 0.2) is 5.17 Å². The molecule has 2 aromatic rings. The van der Waals surface area contributed by atoms with Crippen molar-refractivity contribution >= 4 is 40.1 Å². The molecule has 2 aromatic carbocycles. The van der Waals surface area contributed by atoms with Crippen LogP contribution in [0.25, 0.3) is 0 Å². The first-order valence-electron chi connectivity index (χ1n) is 7.89. The predicted molar refractivity (Wildman–Crippen MR) is 97.7 cm³/mol. The van der Waals surface area contributed by atoms with Gasteiger partial charge in [0.2, 0.25) is 11.8 Å². The lowest BCUT2D eigenvalue weighted by atomic mass is 10.2. The van der Waals surface area contributed by atoms with Crippen molar-refractivity contribution in [1.29, 1.82) is 0 Å². The summed E-state index contributed by atoms with van der Waals surface area (Å²) in [7, 11) is 0. The number of thioether (sulfide) groups is 1. The van der Waals surface area contributed by atoms with Crippen LogP contribution in [0.3, 0.4) is 0 Å². The molecule has 1 fully saturated rings. The van der Waals surface area contributed by atoms with Gasteiger partial charge in [0.05, 0.1) is 11.3 Å². The van der Waals surface area contributed by atoms with E-state index >= 15 is 0 Å². The van der Waals surface area contributed by atoms with Gasteiger partial charge in [-0.2, -0.15) is 13.2 Å². The summed E-state index contributed by atoms with van der Waals surface area (Å²) in [5.41, 5.74) is -0.136. The number of rotatable bonds is 4. The summed E-state index contributed by atoms with van der Waals surface area (Å²) in [4.78, 5) is 28.1. The summed E-state index contributed by atoms with van der Waals surface area (Å²) in [6, 6.07) is 13.3. The van der Waals surface area contributed by atoms with E-state index in [0.717, 1.165) is 23.9 Å². The molecule has 0 spiro atoms. The average Bonchev–Trinajstić information content (AvgIpc) is 2.94. The van der Waals surface area contributed by atoms with Gasteiger partial charge >= 0.3 is 6.18 Å². The van der Waals surface area contributed by atoms with Crippen LogP contribution in [-0.2, 0) is 15.8 Å². The third-order valence-corrected chi connectivity index (χ3v) is 4.69. The van der Waals surface area contributed by atoms with Crippen molar-refractivity contribution < 1.29 is 22.8 Å². The molecule has 1 unspecified atom stereocenters. The van der Waals surface area contributed by atoms with Gasteiger partial charge in [-0.15, -0.1) is 0 Å². The maximum absolute atomic E-state index is 12.8. The molecule has 0 aromatic heterocycles. The Bertz CT molecular complexity index is 885. The van der Waals surface area contributed by atoms with Crippen LogP contribution in [0.2, 0.25) is 0 Å². The van der Waals surface area contributed by atoms with Crippen molar-refractivity contribution in [2.24, 2.45) is 4.99 Å². The molecule has 0 bridgehead atoms. The van der Waals surface area contributed by atoms with Crippen LogP contribution < -0.4 is 10.6 Å². The van der Waals surface area contributed by atoms with E-state index < -0.39 is 22.9 Å². The number of nitrogens with one attached hydrogen (secondary N) is 2. The maximum Gasteiger partial charge on any atom is 0.416 e. The van der Waals surface area contributed by atoms with Crippen molar-refractivity contribution in [3.8, 4) is 0 Å². The standard InChI is InChI=1S/C18H14F3N3O2S/c19-18(20,21)11-5-4-8-13(9-11)23-17-24-16(26)14(27-17)10-15(25)22-12-6-2-1-3-7-12/h1-9,14H,10H2,(H,22,25)(H,23,24,26). The van der Waals surface area contributed by atoms with Crippen LogP contribution in [0.1, 0.15) is 12.0 Å². The van der Waals surface area contributed by atoms with Crippen molar-refractivity contribution in [1.82, 2.24) is 5.32 Å². The lowest BCUT2D eigenvalue weighted by Gasteiger charge is -2.07. The molecule has 1 aliphatic rings. The number of alkyl halides is 3. The normalized spacial score (nSPS) is 18.4. The number of hydrogen-bond donors (Lipinski definition) is 2. The molecule has 3 rings (SSSR count). The third-order valence-electron chi connectivity index (χ3n) is 3.61. The number of hydrogen-bond acceptors (Lipinski definition) is 4. The van der Waals surface area contributed by atoms with E-state index in [4.69, 9.17) is 0 Å². The first-order valence-corrected chi connectivity index (χ1v) is 8.77. The molecule has 5 nitrogen and oxygen atoms in total. The third kappa shape index (κ3) is 5.10. The zero-order valence-electron chi connectivity index (χ0n) is 13.8. The van der Waals surface area contributed by atoms with Crippen LogP contribution in [0.15, 0.2) is 59.6 Å². The molecule has 0 radical (unpaired) electrons. The van der Waals surface area contributed by atoms with E-state index in [1.54, 1.807) is 24.3 Å². The Labute approximate surface area is 157 Å². The van der Waals surface area contributed by atoms with Gasteiger partial charge in [0.1, 0.15) is 5.25 Å². The lowest BCUT2D eigenvalue weighted by molar-refractivity contribution is -0.137. The number of para-hydroxylation sites is 1. The molecule has 140 valence electrons. The molecule has 0 saturated carbocycles. The van der Waals surface area contributed by atoms with Crippen LogP contribution in [0.5, 0.6) is 0 Å². The van der Waals surface area contributed by atoms with Crippen LogP contribution in [0, 0.1) is 0 Å². The topological polar surface area (TPSA) is 70.6 Å². The maximum atomic E-state index is 12.8. The van der Waals surface area contributed by atoms with Crippen molar-refractivity contribution in [3.05, 3.63) is 60.2 Å². The minimum atomic E-state index is -4.47. The molecule has 2 amide bonds. The highest BCUT2D eigenvalue weighted by Crippen LogP contribution is 2.32. The van der Waals surface area contributed by atoms with E-state index in [-0.39, 0.29) is 23.2 Å². The molecular weight excluding hydrogens is 379 g/mol. The predicted octanol–water partition coefficient (Wildman–Crippen LogP) is 3.95. The summed E-state index contributed by atoms with van der Waals surface area (Å²) >= 11 is 1.01. The molecular formula is C18H14F3N3O2S. The molecule has 1 atom stereocenters. The minimum absolute atomic E-state index is 0.0713. The van der Waals surface area contributed by atoms with E-state index in [0.29, 0.717) is 5.69 Å². The highest BCUT2D eigenvalue weighted by atomic mass is 32.2. The second-order valence-corrected chi connectivity index (χ2v) is 6.87. The molecule has 0 aliphatic carbocycles. The number of benzene rings is 2. The smallest absolute Gasteiger partial charge is 0.326 e. The first-order chi connectivity index (χ1) is 12.8. The SMILES string of the molecule is O=C(CC1SC(=Nc2cccc(C(F)(F)F)c2)NC1=O)Nc1ccccc1. The van der Waals surface area contributed by atoms with Gasteiger partial charge < -0.3 is 10.6 Å². The molecule has 27 heavy (non-hydrogen) atoms. The molecule has 1 saturated heterocycles. The van der Waals surface area contributed by atoms with Gasteiger partial charge in [-0.3, -0.25) is 9.59 Å². The van der Waals surface area contributed by atoms with Crippen molar-refractivity contribution in [3.63, 3.8) is 0 Å². The Morgan fingerprint density at radius 3 is 2.59 bits per heavy atom. The Morgan fingerprint density at radius 2 is 1.89 bits per heavy atom. The fraction of sp³-hybridized carbons (Fsp3) is 0.167. The Kier molecular flexibility index (Phi) is 5.50. The number of aliphatic imine (C=N–C) groups is 1. The summed E-state index contributed by atoms with van der Waals surface area (Å²) in [6.45, 7) is 0. The van der Waals surface area contributed by atoms with Crippen LogP contribution in [-0.4, -0.2) is 22.2 Å². The number of amidine groups is 1. The Hall–Kier alpha value is -2.81. The molecule has 1 heterocycles.